The highest BCUT2D eigenvalue weighted by atomic mass is 32.1. The maximum absolute atomic E-state index is 12.7. The van der Waals surface area contributed by atoms with E-state index < -0.39 is 11.7 Å². The van der Waals surface area contributed by atoms with Gasteiger partial charge in [0, 0.05) is 30.1 Å². The van der Waals surface area contributed by atoms with E-state index in [9.17, 15) is 13.2 Å². The van der Waals surface area contributed by atoms with Gasteiger partial charge in [0.05, 0.1) is 10.6 Å². The summed E-state index contributed by atoms with van der Waals surface area (Å²) in [5, 5.41) is 4.12. The average molecular weight is 314 g/mol. The summed E-state index contributed by atoms with van der Waals surface area (Å²) < 4.78 is 38.0. The molecule has 0 aliphatic carbocycles. The molecule has 2 aromatic rings. The second-order valence-corrected chi connectivity index (χ2v) is 6.33. The van der Waals surface area contributed by atoms with Crippen molar-refractivity contribution in [1.29, 1.82) is 0 Å². The Hall–Kier alpha value is -1.40. The van der Waals surface area contributed by atoms with Gasteiger partial charge in [-0.3, -0.25) is 0 Å². The van der Waals surface area contributed by atoms with Crippen LogP contribution in [0.25, 0.3) is 0 Å². The monoisotopic (exact) mass is 314 g/mol. The van der Waals surface area contributed by atoms with Crippen molar-refractivity contribution in [2.45, 2.75) is 39.0 Å². The third kappa shape index (κ3) is 4.82. The smallest absolute Gasteiger partial charge is 0.310 e. The van der Waals surface area contributed by atoms with E-state index in [-0.39, 0.29) is 0 Å². The van der Waals surface area contributed by atoms with Gasteiger partial charge in [0.1, 0.15) is 0 Å². The van der Waals surface area contributed by atoms with Gasteiger partial charge in [-0.2, -0.15) is 13.2 Å². The lowest BCUT2D eigenvalue weighted by atomic mass is 10.1. The van der Waals surface area contributed by atoms with Gasteiger partial charge in [-0.05, 0) is 11.6 Å². The van der Waals surface area contributed by atoms with Gasteiger partial charge in [-0.25, -0.2) is 4.98 Å². The highest BCUT2D eigenvalue weighted by Crippen LogP contribution is 2.30. The molecule has 6 heteroatoms. The summed E-state index contributed by atoms with van der Waals surface area (Å²) in [6, 6.07) is 5.80. The maximum Gasteiger partial charge on any atom is 0.416 e. The third-order valence-corrected chi connectivity index (χ3v) is 3.89. The van der Waals surface area contributed by atoms with Crippen molar-refractivity contribution in [3.8, 4) is 0 Å². The lowest BCUT2D eigenvalue weighted by Crippen LogP contribution is -2.21. The first-order chi connectivity index (χ1) is 9.84. The lowest BCUT2D eigenvalue weighted by Gasteiger charge is -2.07. The van der Waals surface area contributed by atoms with Crippen molar-refractivity contribution < 1.29 is 13.2 Å². The van der Waals surface area contributed by atoms with Crippen LogP contribution in [-0.2, 0) is 19.1 Å². The topological polar surface area (TPSA) is 24.9 Å². The van der Waals surface area contributed by atoms with Crippen LogP contribution in [-0.4, -0.2) is 11.0 Å². The number of halogens is 3. The van der Waals surface area contributed by atoms with Crippen LogP contribution in [0.15, 0.2) is 30.5 Å². The van der Waals surface area contributed by atoms with E-state index in [0.29, 0.717) is 18.0 Å². The Kier molecular flexibility index (Phi) is 5.00. The highest BCUT2D eigenvalue weighted by molar-refractivity contribution is 7.11. The van der Waals surface area contributed by atoms with Crippen molar-refractivity contribution in [1.82, 2.24) is 10.3 Å². The molecule has 0 bridgehead atoms. The number of benzene rings is 1. The average Bonchev–Trinajstić information content (AvgIpc) is 2.83. The summed E-state index contributed by atoms with van der Waals surface area (Å²) >= 11 is 1.53. The molecule has 21 heavy (non-hydrogen) atoms. The highest BCUT2D eigenvalue weighted by Gasteiger charge is 2.30. The van der Waals surface area contributed by atoms with Gasteiger partial charge in [0.25, 0.3) is 0 Å². The van der Waals surface area contributed by atoms with E-state index in [1.54, 1.807) is 12.3 Å². The molecule has 2 rings (SSSR count). The molecule has 0 amide bonds. The molecular formula is C15H17F3N2S. The van der Waals surface area contributed by atoms with Gasteiger partial charge in [-0.15, -0.1) is 11.3 Å². The summed E-state index contributed by atoms with van der Waals surface area (Å²) in [7, 11) is 0. The molecule has 0 aliphatic heterocycles. The summed E-state index contributed by atoms with van der Waals surface area (Å²) in [5.74, 6) is 0. The normalized spacial score (nSPS) is 12.1. The molecule has 1 heterocycles. The Labute approximate surface area is 126 Å². The Morgan fingerprint density at radius 2 is 2.05 bits per heavy atom. The Morgan fingerprint density at radius 1 is 1.29 bits per heavy atom. The van der Waals surface area contributed by atoms with Crippen LogP contribution in [0.4, 0.5) is 13.2 Å². The van der Waals surface area contributed by atoms with E-state index >= 15 is 0 Å². The summed E-state index contributed by atoms with van der Waals surface area (Å²) in [5.41, 5.74) is 0.0146. The molecule has 0 saturated heterocycles. The van der Waals surface area contributed by atoms with E-state index in [1.807, 2.05) is 0 Å². The second kappa shape index (κ2) is 6.58. The number of rotatable bonds is 5. The predicted octanol–water partition coefficient (Wildman–Crippen LogP) is 4.25. The number of nitrogens with one attached hydrogen (secondary N) is 1. The first-order valence-corrected chi connectivity index (χ1v) is 7.49. The molecule has 1 N–H and O–H groups in total. The van der Waals surface area contributed by atoms with Crippen molar-refractivity contribution in [3.05, 3.63) is 51.5 Å². The quantitative estimate of drug-likeness (QED) is 0.892. The van der Waals surface area contributed by atoms with Crippen LogP contribution in [0.1, 0.15) is 34.9 Å². The SMILES string of the molecule is CC(C)NCc1cnc(Cc2cccc(C(F)(F)F)c2)s1. The molecule has 2 nitrogen and oxygen atoms in total. The molecule has 1 aromatic carbocycles. The summed E-state index contributed by atoms with van der Waals surface area (Å²) in [6.45, 7) is 4.85. The molecule has 0 fully saturated rings. The van der Waals surface area contributed by atoms with Crippen LogP contribution in [0.5, 0.6) is 0 Å². The molecule has 1 aromatic heterocycles. The minimum absolute atomic E-state index is 0.388. The number of hydrogen-bond donors (Lipinski definition) is 1. The van der Waals surface area contributed by atoms with Gasteiger partial charge in [0.15, 0.2) is 0 Å². The fourth-order valence-electron chi connectivity index (χ4n) is 1.85. The molecule has 0 saturated carbocycles. The molecule has 114 valence electrons. The van der Waals surface area contributed by atoms with Crippen LogP contribution in [0.3, 0.4) is 0 Å². The summed E-state index contributed by atoms with van der Waals surface area (Å²) in [4.78, 5) is 5.37. The van der Waals surface area contributed by atoms with Crippen molar-refractivity contribution >= 4 is 11.3 Å². The predicted molar refractivity (Wildman–Crippen MR) is 78.3 cm³/mol. The minimum Gasteiger partial charge on any atom is -0.310 e. The lowest BCUT2D eigenvalue weighted by molar-refractivity contribution is -0.137. The van der Waals surface area contributed by atoms with Crippen LogP contribution in [0.2, 0.25) is 0 Å². The molecule has 0 aliphatic rings. The zero-order valence-electron chi connectivity index (χ0n) is 11.9. The maximum atomic E-state index is 12.7. The zero-order chi connectivity index (χ0) is 15.5. The Morgan fingerprint density at radius 3 is 2.71 bits per heavy atom. The van der Waals surface area contributed by atoms with Crippen molar-refractivity contribution in [2.75, 3.05) is 0 Å². The standard InChI is InChI=1S/C15H17F3N2S/c1-10(2)19-8-13-9-20-14(21-13)7-11-4-3-5-12(6-11)15(16,17)18/h3-6,9-10,19H,7-8H2,1-2H3. The van der Waals surface area contributed by atoms with Gasteiger partial charge in [0.2, 0.25) is 0 Å². The van der Waals surface area contributed by atoms with Gasteiger partial charge >= 0.3 is 6.18 Å². The van der Waals surface area contributed by atoms with Crippen molar-refractivity contribution in [3.63, 3.8) is 0 Å². The summed E-state index contributed by atoms with van der Waals surface area (Å²) in [6.07, 6.45) is -2.09. The molecule has 0 radical (unpaired) electrons. The van der Waals surface area contributed by atoms with Gasteiger partial charge in [-0.1, -0.05) is 32.0 Å². The number of nitrogens with zero attached hydrogens (tertiary/aromatic N) is 1. The second-order valence-electron chi connectivity index (χ2n) is 5.13. The number of hydrogen-bond acceptors (Lipinski definition) is 3. The minimum atomic E-state index is -4.30. The van der Waals surface area contributed by atoms with Crippen LogP contribution >= 0.6 is 11.3 Å². The number of alkyl halides is 3. The van der Waals surface area contributed by atoms with Crippen LogP contribution < -0.4 is 5.32 Å². The van der Waals surface area contributed by atoms with E-state index in [0.717, 1.165) is 22.5 Å². The molecule has 0 unspecified atom stereocenters. The van der Waals surface area contributed by atoms with E-state index in [1.165, 1.54) is 23.5 Å². The zero-order valence-corrected chi connectivity index (χ0v) is 12.7. The van der Waals surface area contributed by atoms with E-state index in [2.05, 4.69) is 24.1 Å². The fraction of sp³-hybridized carbons (Fsp3) is 0.400. The molecular weight excluding hydrogens is 297 g/mol. The number of thiazole rings is 1. The number of aromatic nitrogens is 1. The Balaban J connectivity index is 2.05. The largest absolute Gasteiger partial charge is 0.416 e. The fourth-order valence-corrected chi connectivity index (χ4v) is 2.76. The third-order valence-electron chi connectivity index (χ3n) is 2.90. The van der Waals surface area contributed by atoms with E-state index in [4.69, 9.17) is 0 Å². The molecule has 0 spiro atoms. The first kappa shape index (κ1) is 16.0. The van der Waals surface area contributed by atoms with Crippen molar-refractivity contribution in [2.24, 2.45) is 0 Å². The Bertz CT molecular complexity index is 591. The molecule has 0 atom stereocenters. The van der Waals surface area contributed by atoms with Gasteiger partial charge < -0.3 is 5.32 Å². The van der Waals surface area contributed by atoms with Crippen LogP contribution in [0, 0.1) is 0 Å². The first-order valence-electron chi connectivity index (χ1n) is 6.67.